The number of hydrogen-bond acceptors (Lipinski definition) is 6. The van der Waals surface area contributed by atoms with Crippen molar-refractivity contribution in [1.29, 1.82) is 0 Å². The van der Waals surface area contributed by atoms with Crippen molar-refractivity contribution in [3.8, 4) is 5.75 Å². The second-order valence-corrected chi connectivity index (χ2v) is 9.90. The highest BCUT2D eigenvalue weighted by molar-refractivity contribution is 6.31. The molecule has 4 saturated carbocycles. The Bertz CT molecular complexity index is 1060. The third-order valence-electron chi connectivity index (χ3n) is 7.08. The molecule has 31 heavy (non-hydrogen) atoms. The number of aromatic nitrogens is 3. The number of nitrogens with zero attached hydrogens (tertiary/aromatic N) is 4. The largest absolute Gasteiger partial charge is 0.496 e. The van der Waals surface area contributed by atoms with Crippen LogP contribution in [0.15, 0.2) is 29.7 Å². The zero-order valence-electron chi connectivity index (χ0n) is 17.1. The molecule has 2 aromatic rings. The molecule has 2 atom stereocenters. The van der Waals surface area contributed by atoms with Gasteiger partial charge in [0.05, 0.1) is 23.6 Å². The Morgan fingerprint density at radius 1 is 1.26 bits per heavy atom. The van der Waals surface area contributed by atoms with E-state index in [2.05, 4.69) is 15.2 Å². The molecule has 6 rings (SSSR count). The highest BCUT2D eigenvalue weighted by atomic mass is 35.5. The number of oxime groups is 1. The Morgan fingerprint density at radius 2 is 2.00 bits per heavy atom. The molecule has 2 unspecified atom stereocenters. The van der Waals surface area contributed by atoms with E-state index in [0.717, 1.165) is 32.1 Å². The summed E-state index contributed by atoms with van der Waals surface area (Å²) in [6.45, 7) is 0. The SMILES string of the molecule is COc1ccc(Cl)cc1/C(N)=N/OC(=O)C12CC3CC(C1)CC(n1cnc(Cl)n1)(C3)C2. The molecule has 4 aliphatic carbocycles. The monoisotopic (exact) mass is 463 g/mol. The number of benzene rings is 1. The summed E-state index contributed by atoms with van der Waals surface area (Å²) in [5, 5.41) is 9.03. The lowest BCUT2D eigenvalue weighted by atomic mass is 9.47. The Morgan fingerprint density at radius 3 is 2.65 bits per heavy atom. The molecule has 1 aromatic heterocycles. The molecule has 4 aliphatic rings. The second kappa shape index (κ2) is 7.38. The van der Waals surface area contributed by atoms with Gasteiger partial charge in [0, 0.05) is 5.02 Å². The molecule has 0 radical (unpaired) electrons. The summed E-state index contributed by atoms with van der Waals surface area (Å²) >= 11 is 12.1. The Balaban J connectivity index is 1.41. The van der Waals surface area contributed by atoms with E-state index < -0.39 is 5.41 Å². The van der Waals surface area contributed by atoms with Gasteiger partial charge >= 0.3 is 5.97 Å². The predicted octanol–water partition coefficient (Wildman–Crippen LogP) is 3.75. The van der Waals surface area contributed by atoms with E-state index in [1.54, 1.807) is 24.5 Å². The molecule has 0 spiro atoms. The molecule has 2 N–H and O–H groups in total. The first kappa shape index (κ1) is 20.6. The van der Waals surface area contributed by atoms with E-state index in [0.29, 0.717) is 34.6 Å². The van der Waals surface area contributed by atoms with Crippen molar-refractivity contribution < 1.29 is 14.4 Å². The molecule has 164 valence electrons. The molecule has 4 bridgehead atoms. The van der Waals surface area contributed by atoms with Gasteiger partial charge in [0.15, 0.2) is 5.84 Å². The van der Waals surface area contributed by atoms with Gasteiger partial charge in [-0.1, -0.05) is 16.8 Å². The summed E-state index contributed by atoms with van der Waals surface area (Å²) in [4.78, 5) is 22.8. The predicted molar refractivity (Wildman–Crippen MR) is 115 cm³/mol. The zero-order valence-corrected chi connectivity index (χ0v) is 18.6. The van der Waals surface area contributed by atoms with E-state index in [4.69, 9.17) is 38.5 Å². The Hall–Kier alpha value is -2.32. The van der Waals surface area contributed by atoms with Gasteiger partial charge in [0.25, 0.3) is 0 Å². The molecule has 8 nitrogen and oxygen atoms in total. The summed E-state index contributed by atoms with van der Waals surface area (Å²) in [5.74, 6) is 1.06. The van der Waals surface area contributed by atoms with Crippen LogP contribution in [0.2, 0.25) is 10.3 Å². The van der Waals surface area contributed by atoms with Gasteiger partial charge in [-0.2, -0.15) is 0 Å². The fourth-order valence-electron chi connectivity index (χ4n) is 6.31. The molecule has 10 heteroatoms. The molecule has 0 saturated heterocycles. The fraction of sp³-hybridized carbons (Fsp3) is 0.524. The minimum Gasteiger partial charge on any atom is -0.496 e. The van der Waals surface area contributed by atoms with Crippen LogP contribution in [0.25, 0.3) is 0 Å². The second-order valence-electron chi connectivity index (χ2n) is 9.12. The van der Waals surface area contributed by atoms with E-state index in [1.165, 1.54) is 7.11 Å². The standard InChI is InChI=1S/C21H23Cl2N5O3/c1-30-16-3-2-14(22)5-15(16)17(24)27-31-18(29)20-6-12-4-13(7-20)9-21(8-12,10-20)28-11-25-19(23)26-28/h2-3,5,11-13H,4,6-10H2,1H3,(H2,24,27). The first-order valence-electron chi connectivity index (χ1n) is 10.3. The van der Waals surface area contributed by atoms with Crippen molar-refractivity contribution in [2.45, 2.75) is 44.1 Å². The average Bonchev–Trinajstić information content (AvgIpc) is 3.18. The van der Waals surface area contributed by atoms with Gasteiger partial charge in [-0.15, -0.1) is 5.10 Å². The van der Waals surface area contributed by atoms with Crippen LogP contribution in [0.5, 0.6) is 5.75 Å². The molecule has 0 amide bonds. The molecular weight excluding hydrogens is 441 g/mol. The van der Waals surface area contributed by atoms with Gasteiger partial charge < -0.3 is 15.3 Å². The third-order valence-corrected chi connectivity index (χ3v) is 7.49. The maximum atomic E-state index is 13.3. The highest BCUT2D eigenvalue weighted by Crippen LogP contribution is 2.64. The normalized spacial score (nSPS) is 31.6. The molecule has 4 fully saturated rings. The van der Waals surface area contributed by atoms with Crippen molar-refractivity contribution in [3.05, 3.63) is 40.4 Å². The van der Waals surface area contributed by atoms with E-state index in [-0.39, 0.29) is 22.6 Å². The van der Waals surface area contributed by atoms with Crippen LogP contribution in [0.4, 0.5) is 0 Å². The number of methoxy groups -OCH3 is 1. The lowest BCUT2D eigenvalue weighted by molar-refractivity contribution is -0.179. The maximum absolute atomic E-state index is 13.3. The van der Waals surface area contributed by atoms with Gasteiger partial charge in [-0.25, -0.2) is 14.5 Å². The van der Waals surface area contributed by atoms with Crippen LogP contribution < -0.4 is 10.5 Å². The van der Waals surface area contributed by atoms with Crippen molar-refractivity contribution >= 4 is 35.0 Å². The zero-order chi connectivity index (χ0) is 21.8. The summed E-state index contributed by atoms with van der Waals surface area (Å²) in [7, 11) is 1.53. The van der Waals surface area contributed by atoms with Gasteiger partial charge in [-0.3, -0.25) is 0 Å². The van der Waals surface area contributed by atoms with E-state index >= 15 is 0 Å². The number of nitrogens with two attached hydrogens (primary N) is 1. The van der Waals surface area contributed by atoms with Crippen LogP contribution in [0, 0.1) is 17.3 Å². The molecule has 1 aromatic carbocycles. The molecule has 0 aliphatic heterocycles. The summed E-state index contributed by atoms with van der Waals surface area (Å²) in [6.07, 6.45) is 6.99. The number of carbonyl (C=O) groups excluding carboxylic acids is 1. The Kier molecular flexibility index (Phi) is 4.90. The van der Waals surface area contributed by atoms with E-state index in [9.17, 15) is 4.79 Å². The van der Waals surface area contributed by atoms with Crippen LogP contribution >= 0.6 is 23.2 Å². The number of carbonyl (C=O) groups is 1. The third kappa shape index (κ3) is 3.46. The summed E-state index contributed by atoms with van der Waals surface area (Å²) < 4.78 is 7.17. The first-order valence-corrected chi connectivity index (χ1v) is 11.0. The number of ether oxygens (including phenoxy) is 1. The summed E-state index contributed by atoms with van der Waals surface area (Å²) in [5.41, 5.74) is 5.71. The van der Waals surface area contributed by atoms with Crippen molar-refractivity contribution in [2.75, 3.05) is 7.11 Å². The van der Waals surface area contributed by atoms with E-state index in [1.807, 2.05) is 4.68 Å². The lowest BCUT2D eigenvalue weighted by Crippen LogP contribution is -2.59. The maximum Gasteiger partial charge on any atom is 0.341 e. The quantitative estimate of drug-likeness (QED) is 0.313. The minimum absolute atomic E-state index is 0.0372. The number of amidine groups is 1. The van der Waals surface area contributed by atoms with Gasteiger partial charge in [-0.05, 0) is 80.2 Å². The van der Waals surface area contributed by atoms with Crippen LogP contribution in [0.3, 0.4) is 0 Å². The highest BCUT2D eigenvalue weighted by Gasteiger charge is 2.62. The van der Waals surface area contributed by atoms with Crippen LogP contribution in [-0.4, -0.2) is 33.7 Å². The van der Waals surface area contributed by atoms with Crippen LogP contribution in [-0.2, 0) is 15.2 Å². The molecule has 1 heterocycles. The molecular formula is C21H23Cl2N5O3. The van der Waals surface area contributed by atoms with Crippen molar-refractivity contribution in [1.82, 2.24) is 14.8 Å². The van der Waals surface area contributed by atoms with Crippen LogP contribution in [0.1, 0.15) is 44.1 Å². The van der Waals surface area contributed by atoms with Crippen molar-refractivity contribution in [3.63, 3.8) is 0 Å². The minimum atomic E-state index is -0.606. The average molecular weight is 464 g/mol. The first-order chi connectivity index (χ1) is 14.8. The number of halogens is 2. The lowest BCUT2D eigenvalue weighted by Gasteiger charge is -2.60. The number of hydrogen-bond donors (Lipinski definition) is 1. The van der Waals surface area contributed by atoms with Gasteiger partial charge in [0.1, 0.15) is 12.1 Å². The summed E-state index contributed by atoms with van der Waals surface area (Å²) in [6, 6.07) is 5.00. The Labute approximate surface area is 189 Å². The van der Waals surface area contributed by atoms with Gasteiger partial charge in [0.2, 0.25) is 5.28 Å². The van der Waals surface area contributed by atoms with Crippen molar-refractivity contribution in [2.24, 2.45) is 28.1 Å². The fourth-order valence-corrected chi connectivity index (χ4v) is 6.61. The topological polar surface area (TPSA) is 105 Å². The number of rotatable bonds is 5. The smallest absolute Gasteiger partial charge is 0.341 e.